The minimum Gasteiger partial charge on any atom is -0.353 e. The molecular formula is C16H26N4O. The maximum atomic E-state index is 12.0. The number of hydrogen-bond donors (Lipinski definition) is 2. The van der Waals surface area contributed by atoms with Crippen molar-refractivity contribution in [3.8, 4) is 0 Å². The quantitative estimate of drug-likeness (QED) is 0.853. The van der Waals surface area contributed by atoms with Crippen molar-refractivity contribution in [2.75, 3.05) is 13.1 Å². The lowest BCUT2D eigenvalue weighted by Gasteiger charge is -2.33. The molecule has 0 aromatic carbocycles. The fraction of sp³-hybridized carbons (Fsp3) is 0.625. The molecule has 1 fully saturated rings. The lowest BCUT2D eigenvalue weighted by Crippen LogP contribution is -2.48. The number of carbonyl (C=O) groups is 1. The zero-order valence-electron chi connectivity index (χ0n) is 13.0. The van der Waals surface area contributed by atoms with E-state index in [2.05, 4.69) is 27.3 Å². The highest BCUT2D eigenvalue weighted by atomic mass is 16.1. The molecule has 3 N–H and O–H groups in total. The van der Waals surface area contributed by atoms with Crippen molar-refractivity contribution in [3.05, 3.63) is 30.1 Å². The largest absolute Gasteiger partial charge is 0.353 e. The van der Waals surface area contributed by atoms with Crippen molar-refractivity contribution >= 4 is 5.91 Å². The predicted molar refractivity (Wildman–Crippen MR) is 83.5 cm³/mol. The van der Waals surface area contributed by atoms with E-state index in [-0.39, 0.29) is 23.9 Å². The average molecular weight is 290 g/mol. The van der Waals surface area contributed by atoms with Gasteiger partial charge in [-0.2, -0.15) is 0 Å². The van der Waals surface area contributed by atoms with Crippen LogP contribution in [0.5, 0.6) is 0 Å². The lowest BCUT2D eigenvalue weighted by molar-refractivity contribution is -0.126. The van der Waals surface area contributed by atoms with E-state index in [0.29, 0.717) is 0 Å². The molecule has 5 nitrogen and oxygen atoms in total. The molecule has 21 heavy (non-hydrogen) atoms. The molecule has 1 aliphatic heterocycles. The smallest absolute Gasteiger partial charge is 0.224 e. The van der Waals surface area contributed by atoms with E-state index in [1.165, 1.54) is 5.56 Å². The molecule has 1 aromatic rings. The number of nitrogens with one attached hydrogen (secondary N) is 1. The number of piperidine rings is 1. The number of likely N-dealkylation sites (tertiary alicyclic amines) is 1. The Morgan fingerprint density at radius 3 is 2.57 bits per heavy atom. The van der Waals surface area contributed by atoms with E-state index in [1.54, 1.807) is 0 Å². The van der Waals surface area contributed by atoms with Crippen molar-refractivity contribution in [2.45, 2.75) is 45.3 Å². The lowest BCUT2D eigenvalue weighted by atomic mass is 10.0. The topological polar surface area (TPSA) is 71.2 Å². The molecule has 1 saturated heterocycles. The minimum absolute atomic E-state index is 0.0811. The third kappa shape index (κ3) is 4.79. The summed E-state index contributed by atoms with van der Waals surface area (Å²) in [6.45, 7) is 6.75. The summed E-state index contributed by atoms with van der Waals surface area (Å²) in [5.41, 5.74) is 7.07. The number of pyridine rings is 1. The first-order chi connectivity index (χ1) is 10.1. The number of aromatic nitrogens is 1. The van der Waals surface area contributed by atoms with E-state index >= 15 is 0 Å². The number of nitrogens with two attached hydrogens (primary N) is 1. The van der Waals surface area contributed by atoms with Crippen LogP contribution in [-0.2, 0) is 11.3 Å². The van der Waals surface area contributed by atoms with Gasteiger partial charge < -0.3 is 11.1 Å². The molecule has 2 atom stereocenters. The van der Waals surface area contributed by atoms with Gasteiger partial charge in [0.2, 0.25) is 5.91 Å². The normalized spacial score (nSPS) is 20.0. The molecule has 0 radical (unpaired) electrons. The van der Waals surface area contributed by atoms with Crippen LogP contribution in [0, 0.1) is 5.92 Å². The Balaban J connectivity index is 1.74. The molecular weight excluding hydrogens is 264 g/mol. The molecule has 1 aliphatic rings. The summed E-state index contributed by atoms with van der Waals surface area (Å²) in [5.74, 6) is -0.0440. The fourth-order valence-corrected chi connectivity index (χ4v) is 2.55. The van der Waals surface area contributed by atoms with E-state index in [4.69, 9.17) is 5.73 Å². The highest BCUT2D eigenvalue weighted by Gasteiger charge is 2.24. The summed E-state index contributed by atoms with van der Waals surface area (Å²) in [6.07, 6.45) is 5.67. The van der Waals surface area contributed by atoms with Crippen LogP contribution in [0.15, 0.2) is 24.5 Å². The molecule has 1 amide bonds. The Morgan fingerprint density at radius 2 is 2.00 bits per heavy atom. The van der Waals surface area contributed by atoms with Crippen LogP contribution in [0.2, 0.25) is 0 Å². The van der Waals surface area contributed by atoms with Crippen LogP contribution in [0.3, 0.4) is 0 Å². The van der Waals surface area contributed by atoms with E-state index in [9.17, 15) is 4.79 Å². The Labute approximate surface area is 126 Å². The molecule has 2 rings (SSSR count). The van der Waals surface area contributed by atoms with Crippen LogP contribution in [-0.4, -0.2) is 41.0 Å². The van der Waals surface area contributed by atoms with Crippen molar-refractivity contribution < 1.29 is 4.79 Å². The summed E-state index contributed by atoms with van der Waals surface area (Å²) in [4.78, 5) is 18.5. The minimum atomic E-state index is -0.125. The van der Waals surface area contributed by atoms with Gasteiger partial charge in [0.25, 0.3) is 0 Å². The average Bonchev–Trinajstić information content (AvgIpc) is 2.49. The maximum absolute atomic E-state index is 12.0. The van der Waals surface area contributed by atoms with Gasteiger partial charge in [-0.3, -0.25) is 14.7 Å². The maximum Gasteiger partial charge on any atom is 0.224 e. The highest BCUT2D eigenvalue weighted by Crippen LogP contribution is 2.14. The first-order valence-corrected chi connectivity index (χ1v) is 7.73. The van der Waals surface area contributed by atoms with Crippen LogP contribution >= 0.6 is 0 Å². The van der Waals surface area contributed by atoms with Crippen LogP contribution in [0.1, 0.15) is 32.3 Å². The van der Waals surface area contributed by atoms with Crippen LogP contribution in [0.4, 0.5) is 0 Å². The monoisotopic (exact) mass is 290 g/mol. The van der Waals surface area contributed by atoms with E-state index in [0.717, 1.165) is 32.5 Å². The number of carbonyl (C=O) groups excluding carboxylic acids is 1. The summed E-state index contributed by atoms with van der Waals surface area (Å²) >= 11 is 0. The predicted octanol–water partition coefficient (Wildman–Crippen LogP) is 1.15. The first kappa shape index (κ1) is 15.9. The number of amides is 1. The second-order valence-corrected chi connectivity index (χ2v) is 6.06. The molecule has 2 heterocycles. The molecule has 116 valence electrons. The third-order valence-electron chi connectivity index (χ3n) is 4.29. The summed E-state index contributed by atoms with van der Waals surface area (Å²) in [6, 6.07) is 4.29. The molecule has 1 aromatic heterocycles. The van der Waals surface area contributed by atoms with E-state index in [1.807, 2.05) is 26.2 Å². The van der Waals surface area contributed by atoms with Gasteiger partial charge >= 0.3 is 0 Å². The first-order valence-electron chi connectivity index (χ1n) is 7.73. The standard InChI is InChI=1S/C16H26N4O/c1-12(13(2)17)16(21)19-15-5-9-20(10-6-15)11-14-3-7-18-8-4-14/h3-4,7-8,12-13,15H,5-6,9-11,17H2,1-2H3,(H,19,21). The van der Waals surface area contributed by atoms with Gasteiger partial charge in [-0.25, -0.2) is 0 Å². The van der Waals surface area contributed by atoms with Gasteiger partial charge in [-0.1, -0.05) is 6.92 Å². The van der Waals surface area contributed by atoms with Gasteiger partial charge in [0, 0.05) is 50.0 Å². The highest BCUT2D eigenvalue weighted by molar-refractivity contribution is 5.79. The number of nitrogens with zero attached hydrogens (tertiary/aromatic N) is 2. The molecule has 0 spiro atoms. The zero-order chi connectivity index (χ0) is 15.2. The number of rotatable bonds is 5. The van der Waals surface area contributed by atoms with Gasteiger partial charge in [-0.15, -0.1) is 0 Å². The van der Waals surface area contributed by atoms with Crippen molar-refractivity contribution in [2.24, 2.45) is 11.7 Å². The molecule has 5 heteroatoms. The molecule has 2 unspecified atom stereocenters. The van der Waals surface area contributed by atoms with Gasteiger partial charge in [0.15, 0.2) is 0 Å². The summed E-state index contributed by atoms with van der Waals surface area (Å²) in [5, 5.41) is 3.13. The van der Waals surface area contributed by atoms with Crippen molar-refractivity contribution in [3.63, 3.8) is 0 Å². The van der Waals surface area contributed by atoms with Gasteiger partial charge in [0.1, 0.15) is 0 Å². The number of hydrogen-bond acceptors (Lipinski definition) is 4. The van der Waals surface area contributed by atoms with E-state index < -0.39 is 0 Å². The Hall–Kier alpha value is -1.46. The Morgan fingerprint density at radius 1 is 1.38 bits per heavy atom. The molecule has 0 bridgehead atoms. The van der Waals surface area contributed by atoms with Gasteiger partial charge in [-0.05, 0) is 37.5 Å². The fourth-order valence-electron chi connectivity index (χ4n) is 2.55. The van der Waals surface area contributed by atoms with Crippen LogP contribution in [0.25, 0.3) is 0 Å². The second kappa shape index (κ2) is 7.52. The third-order valence-corrected chi connectivity index (χ3v) is 4.29. The Kier molecular flexibility index (Phi) is 5.70. The molecule has 0 aliphatic carbocycles. The SMILES string of the molecule is CC(N)C(C)C(=O)NC1CCN(Cc2ccncc2)CC1. The van der Waals surface area contributed by atoms with Crippen LogP contribution < -0.4 is 11.1 Å². The zero-order valence-corrected chi connectivity index (χ0v) is 13.0. The van der Waals surface area contributed by atoms with Crippen molar-refractivity contribution in [1.29, 1.82) is 0 Å². The van der Waals surface area contributed by atoms with Gasteiger partial charge in [0.05, 0.1) is 0 Å². The Bertz CT molecular complexity index is 441. The summed E-state index contributed by atoms with van der Waals surface area (Å²) in [7, 11) is 0. The second-order valence-electron chi connectivity index (χ2n) is 6.06. The summed E-state index contributed by atoms with van der Waals surface area (Å²) < 4.78 is 0. The van der Waals surface area contributed by atoms with Crippen molar-refractivity contribution in [1.82, 2.24) is 15.2 Å². The molecule has 0 saturated carbocycles.